The van der Waals surface area contributed by atoms with Crippen LogP contribution in [0.2, 0.25) is 0 Å². The molecule has 2 aliphatic rings. The lowest BCUT2D eigenvalue weighted by atomic mass is 10.1. The fraction of sp³-hybridized carbons (Fsp3) is 0.571. The van der Waals surface area contributed by atoms with E-state index < -0.39 is 17.5 Å². The van der Waals surface area contributed by atoms with Gasteiger partial charge in [0.25, 0.3) is 0 Å². The lowest BCUT2D eigenvalue weighted by Crippen LogP contribution is -2.39. The lowest BCUT2D eigenvalue weighted by molar-refractivity contribution is 0.483. The summed E-state index contributed by atoms with van der Waals surface area (Å²) in [4.78, 5) is 1.72. The summed E-state index contributed by atoms with van der Waals surface area (Å²) in [5.41, 5.74) is -0.0873. The highest BCUT2D eigenvalue weighted by Gasteiger charge is 2.34. The van der Waals surface area contributed by atoms with Crippen molar-refractivity contribution >= 4 is 5.69 Å². The van der Waals surface area contributed by atoms with E-state index in [0.717, 1.165) is 25.1 Å². The standard InChI is InChI=1S/C14H17F3N2/c15-10-6-11(16)14(12(17)7-10)19-5-1-4-18-13(8-19)9-2-3-9/h6-7,9,13,18H,1-5,8H2. The Bertz CT molecular complexity index is 451. The van der Waals surface area contributed by atoms with E-state index in [9.17, 15) is 13.2 Å². The normalized spacial score (nSPS) is 24.4. The summed E-state index contributed by atoms with van der Waals surface area (Å²) < 4.78 is 40.6. The van der Waals surface area contributed by atoms with E-state index in [0.29, 0.717) is 19.0 Å². The van der Waals surface area contributed by atoms with Gasteiger partial charge >= 0.3 is 0 Å². The molecule has 0 bridgehead atoms. The van der Waals surface area contributed by atoms with E-state index in [1.165, 1.54) is 12.8 Å². The highest BCUT2D eigenvalue weighted by Crippen LogP contribution is 2.35. The van der Waals surface area contributed by atoms with Crippen LogP contribution in [0.15, 0.2) is 12.1 Å². The van der Waals surface area contributed by atoms with Gasteiger partial charge in [-0.25, -0.2) is 13.2 Å². The minimum atomic E-state index is -0.870. The quantitative estimate of drug-likeness (QED) is 0.889. The van der Waals surface area contributed by atoms with Gasteiger partial charge in [-0.1, -0.05) is 0 Å². The second kappa shape index (κ2) is 5.04. The van der Waals surface area contributed by atoms with E-state index in [-0.39, 0.29) is 11.7 Å². The van der Waals surface area contributed by atoms with Crippen molar-refractivity contribution in [2.24, 2.45) is 5.92 Å². The molecule has 2 fully saturated rings. The average Bonchev–Trinajstić information content (AvgIpc) is 3.14. The number of nitrogens with one attached hydrogen (secondary N) is 1. The number of nitrogens with zero attached hydrogens (tertiary/aromatic N) is 1. The summed E-state index contributed by atoms with van der Waals surface area (Å²) in [5, 5.41) is 3.43. The highest BCUT2D eigenvalue weighted by molar-refractivity contribution is 5.49. The molecule has 1 aromatic rings. The summed E-state index contributed by atoms with van der Waals surface area (Å²) in [6, 6.07) is 1.79. The maximum absolute atomic E-state index is 13.8. The second-order valence-corrected chi connectivity index (χ2v) is 5.42. The maximum atomic E-state index is 13.8. The van der Waals surface area contributed by atoms with Gasteiger partial charge in [0.05, 0.1) is 0 Å². The first-order valence-corrected chi connectivity index (χ1v) is 6.78. The topological polar surface area (TPSA) is 15.3 Å². The van der Waals surface area contributed by atoms with E-state index in [1.54, 1.807) is 4.90 Å². The predicted molar refractivity (Wildman–Crippen MR) is 67.7 cm³/mol. The first kappa shape index (κ1) is 12.8. The maximum Gasteiger partial charge on any atom is 0.152 e. The Balaban J connectivity index is 1.87. The number of benzene rings is 1. The Morgan fingerprint density at radius 2 is 1.79 bits per heavy atom. The molecule has 1 saturated carbocycles. The minimum Gasteiger partial charge on any atom is -0.365 e. The van der Waals surface area contributed by atoms with E-state index >= 15 is 0 Å². The molecular weight excluding hydrogens is 253 g/mol. The van der Waals surface area contributed by atoms with Crippen LogP contribution in [0.3, 0.4) is 0 Å². The number of anilines is 1. The molecule has 0 amide bonds. The van der Waals surface area contributed by atoms with Crippen LogP contribution in [-0.2, 0) is 0 Å². The molecule has 0 spiro atoms. The van der Waals surface area contributed by atoms with Crippen molar-refractivity contribution in [2.45, 2.75) is 25.3 Å². The summed E-state index contributed by atoms with van der Waals surface area (Å²) in [6.07, 6.45) is 3.19. The van der Waals surface area contributed by atoms with Crippen molar-refractivity contribution in [1.29, 1.82) is 0 Å². The van der Waals surface area contributed by atoms with Gasteiger partial charge < -0.3 is 10.2 Å². The van der Waals surface area contributed by atoms with Crippen molar-refractivity contribution in [2.75, 3.05) is 24.5 Å². The molecule has 2 nitrogen and oxygen atoms in total. The van der Waals surface area contributed by atoms with Crippen molar-refractivity contribution in [1.82, 2.24) is 5.32 Å². The van der Waals surface area contributed by atoms with Gasteiger partial charge in [-0.2, -0.15) is 0 Å². The largest absolute Gasteiger partial charge is 0.365 e. The zero-order chi connectivity index (χ0) is 13.4. The minimum absolute atomic E-state index is 0.0873. The number of hydrogen-bond donors (Lipinski definition) is 1. The van der Waals surface area contributed by atoms with Gasteiger partial charge in [-0.05, 0) is 31.7 Å². The van der Waals surface area contributed by atoms with Crippen LogP contribution >= 0.6 is 0 Å². The molecule has 0 radical (unpaired) electrons. The number of hydrogen-bond acceptors (Lipinski definition) is 2. The fourth-order valence-electron chi connectivity index (χ4n) is 2.80. The molecule has 19 heavy (non-hydrogen) atoms. The van der Waals surface area contributed by atoms with Crippen LogP contribution in [0.5, 0.6) is 0 Å². The van der Waals surface area contributed by atoms with Crippen LogP contribution in [0.4, 0.5) is 18.9 Å². The number of rotatable bonds is 2. The molecule has 1 unspecified atom stereocenters. The molecule has 5 heteroatoms. The Morgan fingerprint density at radius 1 is 1.11 bits per heavy atom. The van der Waals surface area contributed by atoms with Gasteiger partial charge in [0, 0.05) is 31.3 Å². The van der Waals surface area contributed by atoms with Gasteiger partial charge in [-0.3, -0.25) is 0 Å². The van der Waals surface area contributed by atoms with E-state index in [4.69, 9.17) is 0 Å². The third kappa shape index (κ3) is 2.71. The third-order valence-electron chi connectivity index (χ3n) is 3.92. The molecule has 3 rings (SSSR count). The van der Waals surface area contributed by atoms with Crippen LogP contribution in [0.25, 0.3) is 0 Å². The lowest BCUT2D eigenvalue weighted by Gasteiger charge is -2.27. The molecule has 104 valence electrons. The summed E-state index contributed by atoms with van der Waals surface area (Å²) >= 11 is 0. The zero-order valence-corrected chi connectivity index (χ0v) is 10.6. The number of halogens is 3. The first-order valence-electron chi connectivity index (χ1n) is 6.78. The van der Waals surface area contributed by atoms with Gasteiger partial charge in [0.15, 0.2) is 11.6 Å². The zero-order valence-electron chi connectivity index (χ0n) is 10.6. The smallest absolute Gasteiger partial charge is 0.152 e. The molecule has 1 saturated heterocycles. The molecule has 1 aliphatic carbocycles. The SMILES string of the molecule is Fc1cc(F)c(N2CCCNC(C3CC3)C2)c(F)c1. The van der Waals surface area contributed by atoms with E-state index in [1.807, 2.05) is 0 Å². The summed E-state index contributed by atoms with van der Waals surface area (Å²) in [6.45, 7) is 2.04. The molecule has 1 atom stereocenters. The van der Waals surface area contributed by atoms with E-state index in [2.05, 4.69) is 5.32 Å². The summed E-state index contributed by atoms with van der Waals surface area (Å²) in [5.74, 6) is -1.87. The molecule has 1 aliphatic heterocycles. The Hall–Kier alpha value is -1.23. The van der Waals surface area contributed by atoms with Gasteiger partial charge in [0.2, 0.25) is 0 Å². The van der Waals surface area contributed by atoms with Crippen molar-refractivity contribution in [3.8, 4) is 0 Å². The van der Waals surface area contributed by atoms with Crippen LogP contribution in [-0.4, -0.2) is 25.7 Å². The second-order valence-electron chi connectivity index (χ2n) is 5.42. The predicted octanol–water partition coefficient (Wildman–Crippen LogP) is 2.68. The summed E-state index contributed by atoms with van der Waals surface area (Å²) in [7, 11) is 0. The molecule has 1 aromatic carbocycles. The van der Waals surface area contributed by atoms with Gasteiger partial charge in [0.1, 0.15) is 11.5 Å². The van der Waals surface area contributed by atoms with Crippen LogP contribution < -0.4 is 10.2 Å². The third-order valence-corrected chi connectivity index (χ3v) is 3.92. The van der Waals surface area contributed by atoms with Crippen LogP contribution in [0, 0.1) is 23.4 Å². The van der Waals surface area contributed by atoms with Crippen molar-refractivity contribution in [3.63, 3.8) is 0 Å². The monoisotopic (exact) mass is 270 g/mol. The Labute approximate surface area is 110 Å². The van der Waals surface area contributed by atoms with Crippen molar-refractivity contribution in [3.05, 3.63) is 29.6 Å². The van der Waals surface area contributed by atoms with Crippen molar-refractivity contribution < 1.29 is 13.2 Å². The van der Waals surface area contributed by atoms with Crippen LogP contribution in [0.1, 0.15) is 19.3 Å². The molecular formula is C14H17F3N2. The Kier molecular flexibility index (Phi) is 3.39. The average molecular weight is 270 g/mol. The first-order chi connectivity index (χ1) is 9.15. The fourth-order valence-corrected chi connectivity index (χ4v) is 2.80. The molecule has 1 N–H and O–H groups in total. The highest BCUT2D eigenvalue weighted by atomic mass is 19.1. The molecule has 1 heterocycles. The Morgan fingerprint density at radius 3 is 2.42 bits per heavy atom. The molecule has 0 aromatic heterocycles. The van der Waals surface area contributed by atoms with Gasteiger partial charge in [-0.15, -0.1) is 0 Å².